The number of amides is 1. The average Bonchev–Trinajstić information content (AvgIpc) is 3.21. The van der Waals surface area contributed by atoms with E-state index in [2.05, 4.69) is 15.3 Å². The Morgan fingerprint density at radius 1 is 1.12 bits per heavy atom. The Labute approximate surface area is 195 Å². The molecule has 4 rings (SSSR count). The van der Waals surface area contributed by atoms with Gasteiger partial charge in [-0.3, -0.25) is 9.78 Å². The molecule has 0 aromatic carbocycles. The molecule has 2 N–H and O–H groups in total. The number of aliphatic hydroxyl groups is 1. The van der Waals surface area contributed by atoms with Crippen LogP contribution < -0.4 is 5.32 Å². The van der Waals surface area contributed by atoms with Gasteiger partial charge in [-0.05, 0) is 42.5 Å². The number of halogens is 1. The fourth-order valence-corrected chi connectivity index (χ4v) is 4.22. The SMILES string of the molecule is CC.O=C(Nc1cnccc1C1CCCCCC1)c1cccc(C2=C(F)C=C(O)CC=C2)n1. The van der Waals surface area contributed by atoms with Gasteiger partial charge in [0.2, 0.25) is 0 Å². The molecule has 1 saturated carbocycles. The Hall–Kier alpha value is -3.28. The standard InChI is InChI=1S/C25H26FN3O2.C2H6/c26-21-15-18(30)9-5-10-20(21)22-11-6-12-23(28-22)25(31)29-24-16-27-14-13-19(24)17-7-3-1-2-4-8-17;1-2/h5-6,10-17,30H,1-4,7-9H2,(H,29,31);1-2H3. The van der Waals surface area contributed by atoms with Crippen molar-refractivity contribution >= 4 is 17.2 Å². The predicted octanol–water partition coefficient (Wildman–Crippen LogP) is 7.28. The number of carbonyl (C=O) groups excluding carboxylic acids is 1. The number of hydrogen-bond donors (Lipinski definition) is 2. The summed E-state index contributed by atoms with van der Waals surface area (Å²) in [4.78, 5) is 21.5. The van der Waals surface area contributed by atoms with Crippen LogP contribution in [0.5, 0.6) is 0 Å². The van der Waals surface area contributed by atoms with Gasteiger partial charge in [-0.2, -0.15) is 0 Å². The number of carbonyl (C=O) groups is 1. The van der Waals surface area contributed by atoms with Gasteiger partial charge in [0, 0.05) is 24.3 Å². The van der Waals surface area contributed by atoms with Gasteiger partial charge in [0.25, 0.3) is 5.91 Å². The van der Waals surface area contributed by atoms with Crippen molar-refractivity contribution in [2.45, 2.75) is 64.7 Å². The molecular formula is C27H32FN3O2. The minimum Gasteiger partial charge on any atom is -0.512 e. The quantitative estimate of drug-likeness (QED) is 0.481. The molecule has 0 atom stereocenters. The monoisotopic (exact) mass is 449 g/mol. The summed E-state index contributed by atoms with van der Waals surface area (Å²) < 4.78 is 14.5. The third-order valence-corrected chi connectivity index (χ3v) is 5.82. The molecule has 2 heterocycles. The first-order valence-corrected chi connectivity index (χ1v) is 11.8. The lowest BCUT2D eigenvalue weighted by atomic mass is 9.91. The minimum atomic E-state index is -0.584. The summed E-state index contributed by atoms with van der Waals surface area (Å²) >= 11 is 0. The van der Waals surface area contributed by atoms with Gasteiger partial charge < -0.3 is 10.4 Å². The molecule has 1 fully saturated rings. The normalized spacial score (nSPS) is 16.8. The summed E-state index contributed by atoms with van der Waals surface area (Å²) in [7, 11) is 0. The number of nitrogens with one attached hydrogen (secondary N) is 1. The Kier molecular flexibility index (Phi) is 8.93. The van der Waals surface area contributed by atoms with E-state index in [0.717, 1.165) is 24.5 Å². The van der Waals surface area contributed by atoms with Crippen LogP contribution in [0.25, 0.3) is 5.57 Å². The molecule has 1 amide bonds. The second-order valence-electron chi connectivity index (χ2n) is 8.02. The third kappa shape index (κ3) is 6.37. The molecule has 2 aromatic heterocycles. The number of allylic oxidation sites excluding steroid dienone is 5. The molecule has 5 nitrogen and oxygen atoms in total. The number of anilines is 1. The largest absolute Gasteiger partial charge is 0.512 e. The van der Waals surface area contributed by atoms with E-state index >= 15 is 0 Å². The van der Waals surface area contributed by atoms with Crippen molar-refractivity contribution in [1.82, 2.24) is 9.97 Å². The molecule has 174 valence electrons. The van der Waals surface area contributed by atoms with Crippen LogP contribution in [-0.2, 0) is 0 Å². The molecule has 2 aromatic rings. The number of hydrogen-bond acceptors (Lipinski definition) is 4. The van der Waals surface area contributed by atoms with Crippen molar-refractivity contribution in [1.29, 1.82) is 0 Å². The van der Waals surface area contributed by atoms with Crippen molar-refractivity contribution in [3.05, 3.63) is 83.4 Å². The molecule has 0 saturated heterocycles. The number of pyridine rings is 2. The lowest BCUT2D eigenvalue weighted by molar-refractivity contribution is 0.102. The number of nitrogens with zero attached hydrogens (tertiary/aromatic N) is 2. The van der Waals surface area contributed by atoms with Gasteiger partial charge in [0.05, 0.1) is 23.3 Å². The molecule has 0 spiro atoms. The summed E-state index contributed by atoms with van der Waals surface area (Å²) in [6, 6.07) is 6.92. The lowest BCUT2D eigenvalue weighted by Gasteiger charge is -2.18. The Balaban J connectivity index is 0.00000149. The van der Waals surface area contributed by atoms with Crippen molar-refractivity contribution < 1.29 is 14.3 Å². The molecule has 0 bridgehead atoms. The Bertz CT molecular complexity index is 1050. The second-order valence-corrected chi connectivity index (χ2v) is 8.02. The van der Waals surface area contributed by atoms with Crippen molar-refractivity contribution in [3.8, 4) is 0 Å². The van der Waals surface area contributed by atoms with Gasteiger partial charge in [-0.15, -0.1) is 0 Å². The van der Waals surface area contributed by atoms with E-state index in [0.29, 0.717) is 17.3 Å². The third-order valence-electron chi connectivity index (χ3n) is 5.82. The van der Waals surface area contributed by atoms with Crippen LogP contribution in [0, 0.1) is 0 Å². The van der Waals surface area contributed by atoms with Crippen molar-refractivity contribution in [3.63, 3.8) is 0 Å². The Morgan fingerprint density at radius 3 is 2.64 bits per heavy atom. The van der Waals surface area contributed by atoms with E-state index in [9.17, 15) is 14.3 Å². The van der Waals surface area contributed by atoms with Crippen LogP contribution in [0.3, 0.4) is 0 Å². The maximum Gasteiger partial charge on any atom is 0.274 e. The van der Waals surface area contributed by atoms with E-state index in [1.54, 1.807) is 42.7 Å². The summed E-state index contributed by atoms with van der Waals surface area (Å²) in [5.41, 5.74) is 2.59. The lowest BCUT2D eigenvalue weighted by Crippen LogP contribution is -2.16. The smallest absolute Gasteiger partial charge is 0.274 e. The molecule has 33 heavy (non-hydrogen) atoms. The first-order chi connectivity index (χ1) is 16.1. The zero-order valence-corrected chi connectivity index (χ0v) is 19.4. The van der Waals surface area contributed by atoms with Gasteiger partial charge in [-0.25, -0.2) is 9.37 Å². The van der Waals surface area contributed by atoms with Gasteiger partial charge in [0.15, 0.2) is 0 Å². The van der Waals surface area contributed by atoms with Crippen LogP contribution in [0.1, 0.15) is 86.5 Å². The highest BCUT2D eigenvalue weighted by Gasteiger charge is 2.20. The fraction of sp³-hybridized carbons (Fsp3) is 0.370. The molecule has 0 aliphatic heterocycles. The van der Waals surface area contributed by atoms with E-state index < -0.39 is 5.83 Å². The van der Waals surface area contributed by atoms with Crippen molar-refractivity contribution in [2.24, 2.45) is 0 Å². The summed E-state index contributed by atoms with van der Waals surface area (Å²) in [6.45, 7) is 4.00. The van der Waals surface area contributed by atoms with E-state index in [1.807, 2.05) is 19.9 Å². The number of aliphatic hydroxyl groups excluding tert-OH is 1. The molecule has 6 heteroatoms. The molecule has 2 aliphatic rings. The zero-order valence-electron chi connectivity index (χ0n) is 19.4. The van der Waals surface area contributed by atoms with E-state index in [4.69, 9.17) is 0 Å². The highest BCUT2D eigenvalue weighted by Crippen LogP contribution is 2.35. The summed E-state index contributed by atoms with van der Waals surface area (Å²) in [6.07, 6.45) is 15.2. The summed E-state index contributed by atoms with van der Waals surface area (Å²) in [5, 5.41) is 12.6. The van der Waals surface area contributed by atoms with Crippen LogP contribution in [-0.4, -0.2) is 21.0 Å². The topological polar surface area (TPSA) is 75.1 Å². The molecule has 2 aliphatic carbocycles. The van der Waals surface area contributed by atoms with Crippen LogP contribution in [0.15, 0.2) is 66.5 Å². The average molecular weight is 450 g/mol. The van der Waals surface area contributed by atoms with Crippen LogP contribution in [0.2, 0.25) is 0 Å². The molecule has 0 radical (unpaired) electrons. The fourth-order valence-electron chi connectivity index (χ4n) is 4.22. The Morgan fingerprint density at radius 2 is 1.88 bits per heavy atom. The van der Waals surface area contributed by atoms with Crippen LogP contribution >= 0.6 is 0 Å². The maximum atomic E-state index is 14.5. The van der Waals surface area contributed by atoms with Crippen LogP contribution in [0.4, 0.5) is 10.1 Å². The molecular weight excluding hydrogens is 417 g/mol. The van der Waals surface area contributed by atoms with Gasteiger partial charge in [-0.1, -0.05) is 57.7 Å². The highest BCUT2D eigenvalue weighted by molar-refractivity contribution is 6.03. The second kappa shape index (κ2) is 12.1. The van der Waals surface area contributed by atoms with Crippen molar-refractivity contribution in [2.75, 3.05) is 5.32 Å². The number of rotatable bonds is 4. The van der Waals surface area contributed by atoms with E-state index in [1.165, 1.54) is 25.7 Å². The highest BCUT2D eigenvalue weighted by atomic mass is 19.1. The zero-order chi connectivity index (χ0) is 23.6. The summed E-state index contributed by atoms with van der Waals surface area (Å²) in [5.74, 6) is -0.587. The first-order valence-electron chi connectivity index (χ1n) is 11.8. The molecule has 0 unspecified atom stereocenters. The number of aromatic nitrogens is 2. The van der Waals surface area contributed by atoms with Gasteiger partial charge in [0.1, 0.15) is 11.5 Å². The maximum absolute atomic E-state index is 14.5. The predicted molar refractivity (Wildman–Crippen MR) is 131 cm³/mol. The van der Waals surface area contributed by atoms with Gasteiger partial charge >= 0.3 is 0 Å². The van der Waals surface area contributed by atoms with E-state index in [-0.39, 0.29) is 29.4 Å². The first kappa shape index (κ1) is 24.4. The minimum absolute atomic E-state index is 0.0553.